The van der Waals surface area contributed by atoms with Crippen molar-refractivity contribution in [2.75, 3.05) is 26.3 Å². The van der Waals surface area contributed by atoms with Crippen molar-refractivity contribution >= 4 is 5.91 Å². The lowest BCUT2D eigenvalue weighted by atomic mass is 10.0. The summed E-state index contributed by atoms with van der Waals surface area (Å²) in [5.41, 5.74) is 3.77. The average molecular weight is 345 g/mol. The third-order valence-corrected chi connectivity index (χ3v) is 4.38. The summed E-state index contributed by atoms with van der Waals surface area (Å²) in [7, 11) is 0. The minimum Gasteiger partial charge on any atom is -0.378 e. The van der Waals surface area contributed by atoms with E-state index < -0.39 is 0 Å². The fraction of sp³-hybridized carbons (Fsp3) is 0.190. The van der Waals surface area contributed by atoms with E-state index in [-0.39, 0.29) is 5.91 Å². The van der Waals surface area contributed by atoms with Gasteiger partial charge >= 0.3 is 0 Å². The van der Waals surface area contributed by atoms with E-state index in [0.717, 1.165) is 22.5 Å². The Labute approximate surface area is 152 Å². The predicted octanol–water partition coefficient (Wildman–Crippen LogP) is 3.28. The second-order valence-corrected chi connectivity index (χ2v) is 6.09. The monoisotopic (exact) mass is 345 g/mol. The van der Waals surface area contributed by atoms with Crippen molar-refractivity contribution in [1.29, 1.82) is 0 Å². The van der Waals surface area contributed by atoms with Gasteiger partial charge in [0.1, 0.15) is 5.69 Å². The molecule has 1 aromatic heterocycles. The Hall–Kier alpha value is -3.05. The highest BCUT2D eigenvalue weighted by molar-refractivity contribution is 5.93. The van der Waals surface area contributed by atoms with Crippen LogP contribution in [0.4, 0.5) is 0 Å². The van der Waals surface area contributed by atoms with Gasteiger partial charge in [-0.3, -0.25) is 9.78 Å². The fourth-order valence-electron chi connectivity index (χ4n) is 3.03. The van der Waals surface area contributed by atoms with Gasteiger partial charge in [0.05, 0.1) is 30.8 Å². The third-order valence-electron chi connectivity index (χ3n) is 4.38. The van der Waals surface area contributed by atoms with Gasteiger partial charge in [-0.15, -0.1) is 0 Å². The van der Waals surface area contributed by atoms with E-state index in [1.807, 2.05) is 60.7 Å². The average Bonchev–Trinajstić information content (AvgIpc) is 2.75. The zero-order chi connectivity index (χ0) is 17.8. The van der Waals surface area contributed by atoms with Gasteiger partial charge < -0.3 is 9.64 Å². The van der Waals surface area contributed by atoms with E-state index in [1.165, 1.54) is 0 Å². The van der Waals surface area contributed by atoms with Crippen LogP contribution in [0.25, 0.3) is 22.5 Å². The fourth-order valence-corrected chi connectivity index (χ4v) is 3.03. The number of hydrogen-bond donors (Lipinski definition) is 0. The normalized spacial score (nSPS) is 14.2. The summed E-state index contributed by atoms with van der Waals surface area (Å²) >= 11 is 0. The highest BCUT2D eigenvalue weighted by Gasteiger charge is 2.22. The van der Waals surface area contributed by atoms with Gasteiger partial charge in [0.25, 0.3) is 5.91 Å². The van der Waals surface area contributed by atoms with Gasteiger partial charge in [0.15, 0.2) is 0 Å². The van der Waals surface area contributed by atoms with Gasteiger partial charge in [-0.25, -0.2) is 4.98 Å². The van der Waals surface area contributed by atoms with Crippen molar-refractivity contribution in [1.82, 2.24) is 14.9 Å². The summed E-state index contributed by atoms with van der Waals surface area (Å²) in [5.74, 6) is -0.0995. The van der Waals surface area contributed by atoms with Crippen LogP contribution in [0, 0.1) is 0 Å². The molecular formula is C21H19N3O2. The third kappa shape index (κ3) is 3.34. The molecule has 5 heteroatoms. The van der Waals surface area contributed by atoms with E-state index in [2.05, 4.69) is 4.98 Å². The summed E-state index contributed by atoms with van der Waals surface area (Å²) in [5, 5.41) is 0. The first-order valence-corrected chi connectivity index (χ1v) is 8.68. The van der Waals surface area contributed by atoms with Crippen LogP contribution < -0.4 is 0 Å². The molecule has 0 radical (unpaired) electrons. The molecule has 1 amide bonds. The molecule has 0 atom stereocenters. The summed E-state index contributed by atoms with van der Waals surface area (Å²) in [4.78, 5) is 23.9. The van der Waals surface area contributed by atoms with Gasteiger partial charge in [-0.2, -0.15) is 0 Å². The molecule has 1 saturated heterocycles. The molecule has 0 aliphatic carbocycles. The molecule has 0 spiro atoms. The number of benzene rings is 2. The number of morpholine rings is 1. The summed E-state index contributed by atoms with van der Waals surface area (Å²) < 4.78 is 5.33. The van der Waals surface area contributed by atoms with E-state index >= 15 is 0 Å². The van der Waals surface area contributed by atoms with Crippen LogP contribution in [0.5, 0.6) is 0 Å². The highest BCUT2D eigenvalue weighted by Crippen LogP contribution is 2.28. The maximum atomic E-state index is 12.8. The van der Waals surface area contributed by atoms with Crippen LogP contribution in [0.15, 0.2) is 66.9 Å². The zero-order valence-corrected chi connectivity index (χ0v) is 14.3. The lowest BCUT2D eigenvalue weighted by molar-refractivity contribution is 0.0299. The van der Waals surface area contributed by atoms with Crippen molar-refractivity contribution in [2.45, 2.75) is 0 Å². The number of carbonyl (C=O) groups excluding carboxylic acids is 1. The van der Waals surface area contributed by atoms with Gasteiger partial charge in [-0.1, -0.05) is 60.7 Å². The van der Waals surface area contributed by atoms with Gasteiger partial charge in [0.2, 0.25) is 0 Å². The number of rotatable bonds is 3. The number of ether oxygens (including phenoxy) is 1. The first-order valence-electron chi connectivity index (χ1n) is 8.68. The molecule has 3 aromatic rings. The minimum atomic E-state index is -0.0995. The second kappa shape index (κ2) is 7.45. The molecular weight excluding hydrogens is 326 g/mol. The lowest BCUT2D eigenvalue weighted by Crippen LogP contribution is -2.41. The van der Waals surface area contributed by atoms with Crippen LogP contribution in [0.2, 0.25) is 0 Å². The number of amides is 1. The summed E-state index contributed by atoms with van der Waals surface area (Å²) in [6.45, 7) is 2.29. The molecule has 0 N–H and O–H groups in total. The van der Waals surface area contributed by atoms with E-state index in [0.29, 0.717) is 32.0 Å². The molecule has 0 saturated carbocycles. The number of hydrogen-bond acceptors (Lipinski definition) is 4. The van der Waals surface area contributed by atoms with Crippen molar-refractivity contribution in [2.24, 2.45) is 0 Å². The standard InChI is InChI=1S/C21H19N3O2/c25-21(24-11-13-26-14-12-24)18-15-22-19(16-7-3-1-4-8-16)20(23-18)17-9-5-2-6-10-17/h1-10,15H,11-14H2. The summed E-state index contributed by atoms with van der Waals surface area (Å²) in [6.07, 6.45) is 1.58. The Morgan fingerprint density at radius 3 is 2.04 bits per heavy atom. The quantitative estimate of drug-likeness (QED) is 0.731. The van der Waals surface area contributed by atoms with Crippen LogP contribution in [-0.2, 0) is 4.74 Å². The molecule has 1 fully saturated rings. The Morgan fingerprint density at radius 1 is 0.846 bits per heavy atom. The molecule has 130 valence electrons. The molecule has 2 heterocycles. The van der Waals surface area contributed by atoms with Gasteiger partial charge in [-0.05, 0) is 0 Å². The van der Waals surface area contributed by atoms with E-state index in [1.54, 1.807) is 11.1 Å². The van der Waals surface area contributed by atoms with Gasteiger partial charge in [0, 0.05) is 24.2 Å². The topological polar surface area (TPSA) is 55.3 Å². The Balaban J connectivity index is 1.78. The SMILES string of the molecule is O=C(c1cnc(-c2ccccc2)c(-c2ccccc2)n1)N1CCOCC1. The number of nitrogens with zero attached hydrogens (tertiary/aromatic N) is 3. The highest BCUT2D eigenvalue weighted by atomic mass is 16.5. The molecule has 1 aliphatic heterocycles. The molecule has 4 rings (SSSR count). The molecule has 26 heavy (non-hydrogen) atoms. The second-order valence-electron chi connectivity index (χ2n) is 6.09. The van der Waals surface area contributed by atoms with Crippen molar-refractivity contribution in [3.8, 4) is 22.5 Å². The molecule has 5 nitrogen and oxygen atoms in total. The van der Waals surface area contributed by atoms with Crippen molar-refractivity contribution < 1.29 is 9.53 Å². The molecule has 1 aliphatic rings. The van der Waals surface area contributed by atoms with E-state index in [9.17, 15) is 4.79 Å². The Bertz CT molecular complexity index is 892. The van der Waals surface area contributed by atoms with Crippen LogP contribution in [-0.4, -0.2) is 47.1 Å². The first kappa shape index (κ1) is 16.4. The molecule has 2 aromatic carbocycles. The predicted molar refractivity (Wildman–Crippen MR) is 99.6 cm³/mol. The zero-order valence-electron chi connectivity index (χ0n) is 14.3. The largest absolute Gasteiger partial charge is 0.378 e. The maximum Gasteiger partial charge on any atom is 0.274 e. The number of carbonyl (C=O) groups is 1. The minimum absolute atomic E-state index is 0.0995. The molecule has 0 unspecified atom stereocenters. The lowest BCUT2D eigenvalue weighted by Gasteiger charge is -2.26. The summed E-state index contributed by atoms with van der Waals surface area (Å²) in [6, 6.07) is 19.8. The Kier molecular flexibility index (Phi) is 4.71. The van der Waals surface area contributed by atoms with Crippen LogP contribution >= 0.6 is 0 Å². The van der Waals surface area contributed by atoms with Crippen LogP contribution in [0.1, 0.15) is 10.5 Å². The maximum absolute atomic E-state index is 12.8. The smallest absolute Gasteiger partial charge is 0.274 e. The molecule has 0 bridgehead atoms. The van der Waals surface area contributed by atoms with Crippen LogP contribution in [0.3, 0.4) is 0 Å². The Morgan fingerprint density at radius 2 is 1.42 bits per heavy atom. The van der Waals surface area contributed by atoms with Crippen molar-refractivity contribution in [3.63, 3.8) is 0 Å². The van der Waals surface area contributed by atoms with E-state index in [4.69, 9.17) is 9.72 Å². The first-order chi connectivity index (χ1) is 12.8. The number of aromatic nitrogens is 2. The van der Waals surface area contributed by atoms with Crippen molar-refractivity contribution in [3.05, 3.63) is 72.6 Å².